The number of hydrogen-bond donors (Lipinski definition) is 1. The molecule has 1 aromatic carbocycles. The van der Waals surface area contributed by atoms with E-state index in [0.717, 1.165) is 12.0 Å². The largest absolute Gasteiger partial charge is 0.346 e. The first-order valence-electron chi connectivity index (χ1n) is 6.32. The second-order valence-corrected chi connectivity index (χ2v) is 6.63. The van der Waals surface area contributed by atoms with E-state index in [-0.39, 0.29) is 22.8 Å². The number of rotatable bonds is 4. The van der Waals surface area contributed by atoms with E-state index in [4.69, 9.17) is 0 Å². The number of nitrogens with one attached hydrogen (secondary N) is 1. The minimum Gasteiger partial charge on any atom is -0.346 e. The van der Waals surface area contributed by atoms with Crippen LogP contribution in [-0.4, -0.2) is 11.2 Å². The third-order valence-corrected chi connectivity index (χ3v) is 5.03. The summed E-state index contributed by atoms with van der Waals surface area (Å²) in [6.07, 6.45) is 0.992. The summed E-state index contributed by atoms with van der Waals surface area (Å²) in [5.74, 6) is 0.338. The molecule has 1 aromatic rings. The molecular formula is C15H20BrNO. The molecule has 1 amide bonds. The maximum Gasteiger partial charge on any atom is 0.224 e. The van der Waals surface area contributed by atoms with Crippen LogP contribution in [0.4, 0.5) is 0 Å². The van der Waals surface area contributed by atoms with Crippen molar-refractivity contribution in [2.75, 3.05) is 5.33 Å². The number of benzene rings is 1. The van der Waals surface area contributed by atoms with Gasteiger partial charge in [-0.1, -0.05) is 60.1 Å². The number of carbonyl (C=O) groups is 1. The predicted molar refractivity (Wildman–Crippen MR) is 77.6 cm³/mol. The van der Waals surface area contributed by atoms with Gasteiger partial charge in [-0.3, -0.25) is 4.79 Å². The van der Waals surface area contributed by atoms with E-state index >= 15 is 0 Å². The Kier molecular flexibility index (Phi) is 3.54. The van der Waals surface area contributed by atoms with Crippen molar-refractivity contribution in [3.8, 4) is 0 Å². The van der Waals surface area contributed by atoms with Gasteiger partial charge in [0.25, 0.3) is 0 Å². The van der Waals surface area contributed by atoms with Gasteiger partial charge in [0.2, 0.25) is 5.91 Å². The van der Waals surface area contributed by atoms with Crippen LogP contribution in [0.25, 0.3) is 0 Å². The second-order valence-electron chi connectivity index (χ2n) is 6.07. The molecule has 0 spiro atoms. The fourth-order valence-corrected chi connectivity index (χ4v) is 2.73. The van der Waals surface area contributed by atoms with Crippen molar-refractivity contribution >= 4 is 21.8 Å². The Morgan fingerprint density at radius 3 is 2.44 bits per heavy atom. The molecule has 98 valence electrons. The Morgan fingerprint density at radius 1 is 1.44 bits per heavy atom. The van der Waals surface area contributed by atoms with Crippen LogP contribution in [0.3, 0.4) is 0 Å². The van der Waals surface area contributed by atoms with Crippen LogP contribution in [-0.2, 0) is 10.3 Å². The van der Waals surface area contributed by atoms with Crippen molar-refractivity contribution in [3.05, 3.63) is 35.9 Å². The first-order chi connectivity index (χ1) is 8.39. The lowest BCUT2D eigenvalue weighted by Crippen LogP contribution is -2.46. The molecule has 1 saturated carbocycles. The Labute approximate surface area is 117 Å². The van der Waals surface area contributed by atoms with Crippen molar-refractivity contribution in [3.63, 3.8) is 0 Å². The first-order valence-corrected chi connectivity index (χ1v) is 7.45. The van der Waals surface area contributed by atoms with E-state index in [0.29, 0.717) is 5.33 Å². The molecule has 2 nitrogen and oxygen atoms in total. The molecular weight excluding hydrogens is 290 g/mol. The van der Waals surface area contributed by atoms with Crippen LogP contribution in [0.2, 0.25) is 0 Å². The average Bonchev–Trinajstić information content (AvgIpc) is 2.99. The molecule has 0 heterocycles. The van der Waals surface area contributed by atoms with Gasteiger partial charge >= 0.3 is 0 Å². The van der Waals surface area contributed by atoms with E-state index in [1.165, 1.54) is 0 Å². The lowest BCUT2D eigenvalue weighted by Gasteiger charge is -2.30. The number of amides is 1. The van der Waals surface area contributed by atoms with Crippen molar-refractivity contribution < 1.29 is 4.79 Å². The second kappa shape index (κ2) is 4.69. The first kappa shape index (κ1) is 13.6. The number of halogens is 1. The fraction of sp³-hybridized carbons (Fsp3) is 0.533. The monoisotopic (exact) mass is 309 g/mol. The topological polar surface area (TPSA) is 29.1 Å². The zero-order chi connectivity index (χ0) is 13.4. The quantitative estimate of drug-likeness (QED) is 0.848. The Bertz CT molecular complexity index is 443. The maximum atomic E-state index is 12.2. The highest BCUT2D eigenvalue weighted by molar-refractivity contribution is 9.09. The molecule has 2 atom stereocenters. The van der Waals surface area contributed by atoms with Crippen LogP contribution in [0.5, 0.6) is 0 Å². The molecule has 0 radical (unpaired) electrons. The molecule has 3 heteroatoms. The number of carbonyl (C=O) groups excluding carboxylic acids is 1. The fourth-order valence-electron chi connectivity index (χ4n) is 2.26. The lowest BCUT2D eigenvalue weighted by molar-refractivity contribution is -0.124. The molecule has 1 N–H and O–H groups in total. The number of alkyl halides is 1. The van der Waals surface area contributed by atoms with Crippen LogP contribution >= 0.6 is 15.9 Å². The van der Waals surface area contributed by atoms with Gasteiger partial charge in [0.1, 0.15) is 0 Å². The Morgan fingerprint density at radius 2 is 2.00 bits per heavy atom. The van der Waals surface area contributed by atoms with E-state index in [2.05, 4.69) is 54.2 Å². The highest BCUT2D eigenvalue weighted by Gasteiger charge is 2.51. The van der Waals surface area contributed by atoms with Gasteiger partial charge in [0, 0.05) is 11.2 Å². The van der Waals surface area contributed by atoms with Crippen LogP contribution < -0.4 is 5.32 Å². The minimum atomic E-state index is -0.336. The Hall–Kier alpha value is -0.830. The minimum absolute atomic E-state index is 0.166. The number of hydrogen-bond acceptors (Lipinski definition) is 1. The highest BCUT2D eigenvalue weighted by atomic mass is 79.9. The van der Waals surface area contributed by atoms with E-state index < -0.39 is 0 Å². The van der Waals surface area contributed by atoms with E-state index in [1.807, 2.05) is 18.2 Å². The molecule has 18 heavy (non-hydrogen) atoms. The average molecular weight is 310 g/mol. The van der Waals surface area contributed by atoms with Crippen molar-refractivity contribution in [2.24, 2.45) is 11.3 Å². The zero-order valence-corrected chi connectivity index (χ0v) is 12.8. The normalized spacial score (nSPS) is 24.1. The van der Waals surface area contributed by atoms with E-state index in [1.54, 1.807) is 0 Å². The SMILES string of the molecule is CC(CBr)(NC(=O)C1CC1(C)C)c1ccccc1. The smallest absolute Gasteiger partial charge is 0.224 e. The van der Waals surface area contributed by atoms with Crippen LogP contribution in [0.15, 0.2) is 30.3 Å². The summed E-state index contributed by atoms with van der Waals surface area (Å²) in [4.78, 5) is 12.2. The molecule has 0 saturated heterocycles. The third-order valence-electron chi connectivity index (χ3n) is 3.91. The van der Waals surface area contributed by atoms with Gasteiger partial charge in [-0.25, -0.2) is 0 Å². The summed E-state index contributed by atoms with van der Waals surface area (Å²) in [7, 11) is 0. The highest BCUT2D eigenvalue weighted by Crippen LogP contribution is 2.51. The van der Waals surface area contributed by atoms with Gasteiger partial charge < -0.3 is 5.32 Å². The zero-order valence-electron chi connectivity index (χ0n) is 11.2. The van der Waals surface area contributed by atoms with Gasteiger partial charge in [-0.2, -0.15) is 0 Å². The van der Waals surface area contributed by atoms with Crippen molar-refractivity contribution in [1.82, 2.24) is 5.32 Å². The standard InChI is InChI=1S/C15H20BrNO/c1-14(2)9-12(14)13(18)17-15(3,10-16)11-7-5-4-6-8-11/h4-8,12H,9-10H2,1-3H3,(H,17,18). The molecule has 1 aliphatic rings. The van der Waals surface area contributed by atoms with Crippen LogP contribution in [0, 0.1) is 11.3 Å². The molecule has 2 unspecified atom stereocenters. The summed E-state index contributed by atoms with van der Waals surface area (Å²) in [6, 6.07) is 10.1. The molecule has 1 fully saturated rings. The molecule has 2 rings (SSSR count). The van der Waals surface area contributed by atoms with Crippen molar-refractivity contribution in [1.29, 1.82) is 0 Å². The molecule has 0 bridgehead atoms. The summed E-state index contributed by atoms with van der Waals surface area (Å²) >= 11 is 3.52. The van der Waals surface area contributed by atoms with Gasteiger partial charge in [0.15, 0.2) is 0 Å². The molecule has 1 aliphatic carbocycles. The summed E-state index contributed by atoms with van der Waals surface area (Å²) < 4.78 is 0. The van der Waals surface area contributed by atoms with Gasteiger partial charge in [-0.05, 0) is 24.3 Å². The van der Waals surface area contributed by atoms with E-state index in [9.17, 15) is 4.79 Å². The summed E-state index contributed by atoms with van der Waals surface area (Å²) in [5.41, 5.74) is 0.971. The van der Waals surface area contributed by atoms with Crippen LogP contribution in [0.1, 0.15) is 32.8 Å². The van der Waals surface area contributed by atoms with Gasteiger partial charge in [-0.15, -0.1) is 0 Å². The Balaban J connectivity index is 2.12. The predicted octanol–water partition coefficient (Wildman–Crippen LogP) is 3.46. The molecule has 0 aromatic heterocycles. The third kappa shape index (κ3) is 2.61. The lowest BCUT2D eigenvalue weighted by atomic mass is 9.93. The van der Waals surface area contributed by atoms with Gasteiger partial charge in [0.05, 0.1) is 5.54 Å². The summed E-state index contributed by atoms with van der Waals surface area (Å²) in [6.45, 7) is 6.35. The molecule has 0 aliphatic heterocycles. The summed E-state index contributed by atoms with van der Waals surface area (Å²) in [5, 5.41) is 3.90. The maximum absolute atomic E-state index is 12.2. The van der Waals surface area contributed by atoms with Crippen molar-refractivity contribution in [2.45, 2.75) is 32.7 Å².